The third kappa shape index (κ3) is 3.41. The van der Waals surface area contributed by atoms with Crippen molar-refractivity contribution in [2.45, 2.75) is 44.6 Å². The number of likely N-dealkylation sites (tertiary alicyclic amines) is 2. The first kappa shape index (κ1) is 15.3. The third-order valence-corrected chi connectivity index (χ3v) is 5.55. The molecule has 3 aliphatic heterocycles. The van der Waals surface area contributed by atoms with Crippen LogP contribution in [0.15, 0.2) is 0 Å². The maximum atomic E-state index is 11.6. The number of ether oxygens (including phenoxy) is 1. The Morgan fingerprint density at radius 1 is 1.14 bits per heavy atom. The summed E-state index contributed by atoms with van der Waals surface area (Å²) in [6, 6.07) is 0.724. The molecule has 120 valence electrons. The summed E-state index contributed by atoms with van der Waals surface area (Å²) in [7, 11) is 0. The number of hydrogen-bond donors (Lipinski definition) is 1. The molecule has 3 heterocycles. The molecule has 5 nitrogen and oxygen atoms in total. The minimum Gasteiger partial charge on any atom is -0.481 e. The number of rotatable bonds is 4. The first-order chi connectivity index (χ1) is 10.2. The average molecular weight is 296 g/mol. The molecule has 0 bridgehead atoms. The van der Waals surface area contributed by atoms with Crippen LogP contribution in [0.4, 0.5) is 0 Å². The number of carboxylic acids is 1. The molecule has 0 radical (unpaired) electrons. The van der Waals surface area contributed by atoms with Crippen LogP contribution < -0.4 is 0 Å². The fourth-order valence-corrected chi connectivity index (χ4v) is 4.12. The Bertz CT molecular complexity index is 355. The van der Waals surface area contributed by atoms with Gasteiger partial charge in [-0.05, 0) is 58.3 Å². The Kier molecular flexibility index (Phi) is 4.82. The van der Waals surface area contributed by atoms with Crippen molar-refractivity contribution in [3.8, 4) is 0 Å². The van der Waals surface area contributed by atoms with Crippen LogP contribution in [0.5, 0.6) is 0 Å². The van der Waals surface area contributed by atoms with Crippen molar-refractivity contribution in [1.29, 1.82) is 0 Å². The molecule has 21 heavy (non-hydrogen) atoms. The molecule has 3 rings (SSSR count). The van der Waals surface area contributed by atoms with E-state index >= 15 is 0 Å². The second kappa shape index (κ2) is 6.63. The topological polar surface area (TPSA) is 53.0 Å². The Morgan fingerprint density at radius 2 is 1.86 bits per heavy atom. The quantitative estimate of drug-likeness (QED) is 0.850. The monoisotopic (exact) mass is 296 g/mol. The number of aliphatic carboxylic acids is 1. The van der Waals surface area contributed by atoms with Gasteiger partial charge in [-0.1, -0.05) is 6.42 Å². The van der Waals surface area contributed by atoms with Crippen LogP contribution in [-0.2, 0) is 9.53 Å². The number of carbonyl (C=O) groups is 1. The van der Waals surface area contributed by atoms with E-state index in [-0.39, 0.29) is 0 Å². The highest BCUT2D eigenvalue weighted by Crippen LogP contribution is 2.31. The van der Waals surface area contributed by atoms with E-state index in [1.165, 1.54) is 45.2 Å². The summed E-state index contributed by atoms with van der Waals surface area (Å²) in [4.78, 5) is 16.6. The molecule has 0 amide bonds. The lowest BCUT2D eigenvalue weighted by Gasteiger charge is -2.41. The van der Waals surface area contributed by atoms with E-state index in [0.717, 1.165) is 19.1 Å². The molecule has 0 aromatic rings. The summed E-state index contributed by atoms with van der Waals surface area (Å²) in [6.07, 6.45) is 7.12. The predicted molar refractivity (Wildman–Crippen MR) is 80.4 cm³/mol. The van der Waals surface area contributed by atoms with Crippen LogP contribution >= 0.6 is 0 Å². The first-order valence-electron chi connectivity index (χ1n) is 8.47. The summed E-state index contributed by atoms with van der Waals surface area (Å²) in [5.41, 5.74) is -0.655. The van der Waals surface area contributed by atoms with Gasteiger partial charge < -0.3 is 19.6 Å². The van der Waals surface area contributed by atoms with Crippen LogP contribution in [0, 0.1) is 5.41 Å². The first-order valence-corrected chi connectivity index (χ1v) is 8.47. The van der Waals surface area contributed by atoms with Gasteiger partial charge >= 0.3 is 5.97 Å². The Labute approximate surface area is 127 Å². The molecule has 3 fully saturated rings. The smallest absolute Gasteiger partial charge is 0.313 e. The molecule has 5 heteroatoms. The lowest BCUT2D eigenvalue weighted by Crippen LogP contribution is -2.50. The molecule has 0 aliphatic carbocycles. The van der Waals surface area contributed by atoms with Crippen LogP contribution in [0.2, 0.25) is 0 Å². The Hall–Kier alpha value is -0.650. The lowest BCUT2D eigenvalue weighted by atomic mass is 9.86. The zero-order chi connectivity index (χ0) is 14.7. The minimum atomic E-state index is -0.682. The summed E-state index contributed by atoms with van der Waals surface area (Å²) >= 11 is 0. The number of carboxylic acid groups (broad SMARTS) is 1. The predicted octanol–water partition coefficient (Wildman–Crippen LogP) is 1.43. The molecule has 1 unspecified atom stereocenters. The fraction of sp³-hybridized carbons (Fsp3) is 0.938. The van der Waals surface area contributed by atoms with Crippen molar-refractivity contribution in [2.75, 3.05) is 45.9 Å². The van der Waals surface area contributed by atoms with E-state index in [1.807, 2.05) is 0 Å². The summed E-state index contributed by atoms with van der Waals surface area (Å²) in [5, 5.41) is 9.54. The standard InChI is InChI=1S/C16H28N2O3/c19-15(20)16(6-11-21-13-16)12-17-9-4-14(5-10-17)18-7-2-1-3-8-18/h14H,1-13H2,(H,19,20). The lowest BCUT2D eigenvalue weighted by molar-refractivity contribution is -0.150. The molecule has 0 saturated carbocycles. The van der Waals surface area contributed by atoms with Crippen LogP contribution in [0.1, 0.15) is 38.5 Å². The molecule has 3 aliphatic rings. The molecule has 1 atom stereocenters. The number of hydrogen-bond acceptors (Lipinski definition) is 4. The largest absolute Gasteiger partial charge is 0.481 e. The summed E-state index contributed by atoms with van der Waals surface area (Å²) in [6.45, 7) is 6.24. The molecular weight excluding hydrogens is 268 g/mol. The molecule has 1 N–H and O–H groups in total. The van der Waals surface area contributed by atoms with Gasteiger partial charge in [0.05, 0.1) is 6.61 Å². The number of nitrogens with zero attached hydrogens (tertiary/aromatic N) is 2. The van der Waals surface area contributed by atoms with E-state index < -0.39 is 11.4 Å². The summed E-state index contributed by atoms with van der Waals surface area (Å²) in [5.74, 6) is -0.682. The molecule has 3 saturated heterocycles. The van der Waals surface area contributed by atoms with Gasteiger partial charge in [-0.2, -0.15) is 0 Å². The average Bonchev–Trinajstić information content (AvgIpc) is 2.99. The fourth-order valence-electron chi connectivity index (χ4n) is 4.12. The van der Waals surface area contributed by atoms with Crippen molar-refractivity contribution < 1.29 is 14.6 Å². The zero-order valence-corrected chi connectivity index (χ0v) is 12.9. The highest BCUT2D eigenvalue weighted by atomic mass is 16.5. The minimum absolute atomic E-state index is 0.383. The maximum Gasteiger partial charge on any atom is 0.313 e. The molecular formula is C16H28N2O3. The zero-order valence-electron chi connectivity index (χ0n) is 12.9. The van der Waals surface area contributed by atoms with E-state index in [0.29, 0.717) is 26.2 Å². The van der Waals surface area contributed by atoms with E-state index in [2.05, 4.69) is 9.80 Å². The van der Waals surface area contributed by atoms with Crippen LogP contribution in [-0.4, -0.2) is 72.9 Å². The Morgan fingerprint density at radius 3 is 2.43 bits per heavy atom. The highest BCUT2D eigenvalue weighted by molar-refractivity contribution is 5.75. The maximum absolute atomic E-state index is 11.6. The molecule has 0 aromatic carbocycles. The molecule has 0 spiro atoms. The van der Waals surface area contributed by atoms with E-state index in [9.17, 15) is 9.90 Å². The van der Waals surface area contributed by atoms with Crippen molar-refractivity contribution in [1.82, 2.24) is 9.80 Å². The van der Waals surface area contributed by atoms with Crippen molar-refractivity contribution in [3.05, 3.63) is 0 Å². The van der Waals surface area contributed by atoms with Crippen LogP contribution in [0.25, 0.3) is 0 Å². The van der Waals surface area contributed by atoms with Gasteiger partial charge in [0.25, 0.3) is 0 Å². The van der Waals surface area contributed by atoms with Gasteiger partial charge in [0.1, 0.15) is 5.41 Å². The van der Waals surface area contributed by atoms with E-state index in [4.69, 9.17) is 4.74 Å². The van der Waals surface area contributed by atoms with Gasteiger partial charge in [0.15, 0.2) is 0 Å². The highest BCUT2D eigenvalue weighted by Gasteiger charge is 2.44. The van der Waals surface area contributed by atoms with E-state index in [1.54, 1.807) is 0 Å². The summed E-state index contributed by atoms with van der Waals surface area (Å²) < 4.78 is 5.36. The van der Waals surface area contributed by atoms with Gasteiger partial charge in [-0.3, -0.25) is 4.79 Å². The third-order valence-electron chi connectivity index (χ3n) is 5.55. The molecule has 0 aromatic heterocycles. The Balaban J connectivity index is 1.50. The van der Waals surface area contributed by atoms with Gasteiger partial charge in [0, 0.05) is 19.2 Å². The van der Waals surface area contributed by atoms with Crippen molar-refractivity contribution in [3.63, 3.8) is 0 Å². The van der Waals surface area contributed by atoms with Crippen LogP contribution in [0.3, 0.4) is 0 Å². The van der Waals surface area contributed by atoms with Gasteiger partial charge in [-0.25, -0.2) is 0 Å². The number of piperidine rings is 2. The van der Waals surface area contributed by atoms with Gasteiger partial charge in [0.2, 0.25) is 0 Å². The second-order valence-corrected chi connectivity index (χ2v) is 6.99. The normalized spacial score (nSPS) is 33.3. The SMILES string of the molecule is O=C(O)C1(CN2CCC(N3CCCCC3)CC2)CCOC1. The van der Waals surface area contributed by atoms with Gasteiger partial charge in [-0.15, -0.1) is 0 Å². The van der Waals surface area contributed by atoms with Crippen molar-refractivity contribution >= 4 is 5.97 Å². The second-order valence-electron chi connectivity index (χ2n) is 6.99. The van der Waals surface area contributed by atoms with Crippen molar-refractivity contribution in [2.24, 2.45) is 5.41 Å².